The smallest absolute Gasteiger partial charge is 0.0419 e. The average Bonchev–Trinajstić information content (AvgIpc) is 1.85. The Labute approximate surface area is 90.9 Å². The summed E-state index contributed by atoms with van der Waals surface area (Å²) in [4.78, 5) is 0. The summed E-state index contributed by atoms with van der Waals surface area (Å²) in [5, 5.41) is 0.757. The lowest BCUT2D eigenvalue weighted by Gasteiger charge is -1.97. The number of halogens is 3. The van der Waals surface area contributed by atoms with Gasteiger partial charge in [-0.25, -0.2) is 0 Å². The predicted octanol–water partition coefficient (Wildman–Crippen LogP) is 2.83. The highest BCUT2D eigenvalue weighted by molar-refractivity contribution is 14.1. The third-order valence-corrected chi connectivity index (χ3v) is 2.00. The molecule has 0 aliphatic rings. The molecule has 0 heterocycles. The fourth-order valence-electron chi connectivity index (χ4n) is 0.729. The van der Waals surface area contributed by atoms with Gasteiger partial charge in [0, 0.05) is 15.1 Å². The highest BCUT2D eigenvalue weighted by atomic mass is 127. The SMILES string of the molecule is Cl.NCc1cc(Cl)cc(I)c1. The van der Waals surface area contributed by atoms with Gasteiger partial charge < -0.3 is 5.73 Å². The molecule has 0 unspecified atom stereocenters. The van der Waals surface area contributed by atoms with Gasteiger partial charge in [0.2, 0.25) is 0 Å². The van der Waals surface area contributed by atoms with E-state index in [4.69, 9.17) is 17.3 Å². The first-order valence-corrected chi connectivity index (χ1v) is 4.33. The molecule has 0 amide bonds. The molecule has 11 heavy (non-hydrogen) atoms. The van der Waals surface area contributed by atoms with Gasteiger partial charge >= 0.3 is 0 Å². The first-order chi connectivity index (χ1) is 4.72. The maximum Gasteiger partial charge on any atom is 0.0419 e. The van der Waals surface area contributed by atoms with E-state index >= 15 is 0 Å². The largest absolute Gasteiger partial charge is 0.326 e. The van der Waals surface area contributed by atoms with Crippen LogP contribution < -0.4 is 5.73 Å². The Bertz CT molecular complexity index is 220. The number of hydrogen-bond acceptors (Lipinski definition) is 1. The fraction of sp³-hybridized carbons (Fsp3) is 0.143. The topological polar surface area (TPSA) is 26.0 Å². The molecular formula is C7H8Cl2IN. The van der Waals surface area contributed by atoms with Crippen molar-refractivity contribution in [3.63, 3.8) is 0 Å². The van der Waals surface area contributed by atoms with E-state index in [1.54, 1.807) is 0 Å². The van der Waals surface area contributed by atoms with Crippen LogP contribution in [0.2, 0.25) is 5.02 Å². The van der Waals surface area contributed by atoms with Crippen LogP contribution in [0.4, 0.5) is 0 Å². The molecule has 2 N–H and O–H groups in total. The molecule has 0 aliphatic carbocycles. The van der Waals surface area contributed by atoms with E-state index in [2.05, 4.69) is 22.6 Å². The number of benzene rings is 1. The van der Waals surface area contributed by atoms with E-state index in [0.29, 0.717) is 6.54 Å². The van der Waals surface area contributed by atoms with Gasteiger partial charge in [0.05, 0.1) is 0 Å². The van der Waals surface area contributed by atoms with Crippen LogP contribution in [0.3, 0.4) is 0 Å². The van der Waals surface area contributed by atoms with Crippen LogP contribution in [0.15, 0.2) is 18.2 Å². The van der Waals surface area contributed by atoms with E-state index in [1.165, 1.54) is 0 Å². The molecule has 0 bridgehead atoms. The summed E-state index contributed by atoms with van der Waals surface area (Å²) in [6.07, 6.45) is 0. The zero-order valence-electron chi connectivity index (χ0n) is 5.68. The van der Waals surface area contributed by atoms with Crippen molar-refractivity contribution in [2.75, 3.05) is 0 Å². The van der Waals surface area contributed by atoms with Crippen molar-refractivity contribution >= 4 is 46.6 Å². The molecule has 0 fully saturated rings. The van der Waals surface area contributed by atoms with E-state index in [9.17, 15) is 0 Å². The summed E-state index contributed by atoms with van der Waals surface area (Å²) in [7, 11) is 0. The Hall–Kier alpha value is 0.490. The molecule has 0 aromatic heterocycles. The standard InChI is InChI=1S/C7H7ClIN.ClH/c8-6-1-5(4-10)2-7(9)3-6;/h1-3H,4,10H2;1H. The normalized spacial score (nSPS) is 9.00. The lowest BCUT2D eigenvalue weighted by molar-refractivity contribution is 1.07. The zero-order valence-corrected chi connectivity index (χ0v) is 9.41. The van der Waals surface area contributed by atoms with Crippen molar-refractivity contribution in [2.24, 2.45) is 5.73 Å². The molecule has 0 saturated heterocycles. The molecular weight excluding hydrogens is 296 g/mol. The summed E-state index contributed by atoms with van der Waals surface area (Å²) < 4.78 is 1.13. The van der Waals surface area contributed by atoms with Gasteiger partial charge in [-0.3, -0.25) is 0 Å². The Kier molecular flexibility index (Phi) is 5.42. The van der Waals surface area contributed by atoms with Gasteiger partial charge in [-0.15, -0.1) is 12.4 Å². The van der Waals surface area contributed by atoms with Crippen LogP contribution in [0.1, 0.15) is 5.56 Å². The first-order valence-electron chi connectivity index (χ1n) is 2.87. The van der Waals surface area contributed by atoms with Gasteiger partial charge in [0.15, 0.2) is 0 Å². The highest BCUT2D eigenvalue weighted by Crippen LogP contribution is 2.15. The van der Waals surface area contributed by atoms with E-state index in [0.717, 1.165) is 14.2 Å². The molecule has 1 rings (SSSR count). The predicted molar refractivity (Wildman–Crippen MR) is 59.3 cm³/mol. The van der Waals surface area contributed by atoms with Crippen LogP contribution in [0.25, 0.3) is 0 Å². The van der Waals surface area contributed by atoms with Crippen LogP contribution >= 0.6 is 46.6 Å². The number of hydrogen-bond donors (Lipinski definition) is 1. The molecule has 0 spiro atoms. The Morgan fingerprint density at radius 2 is 2.00 bits per heavy atom. The van der Waals surface area contributed by atoms with Crippen molar-refractivity contribution in [1.82, 2.24) is 0 Å². The monoisotopic (exact) mass is 303 g/mol. The summed E-state index contributed by atoms with van der Waals surface area (Å²) in [5.41, 5.74) is 6.51. The Morgan fingerprint density at radius 1 is 1.36 bits per heavy atom. The van der Waals surface area contributed by atoms with Crippen molar-refractivity contribution < 1.29 is 0 Å². The minimum Gasteiger partial charge on any atom is -0.326 e. The highest BCUT2D eigenvalue weighted by Gasteiger charge is 1.93. The second-order valence-electron chi connectivity index (χ2n) is 1.98. The molecule has 1 aromatic carbocycles. The second kappa shape index (κ2) is 5.19. The lowest BCUT2D eigenvalue weighted by atomic mass is 10.2. The molecule has 4 heteroatoms. The summed E-state index contributed by atoms with van der Waals surface area (Å²) >= 11 is 7.98. The Balaban J connectivity index is 0.000001000. The van der Waals surface area contributed by atoms with Crippen LogP contribution in [0, 0.1) is 3.57 Å². The number of rotatable bonds is 1. The van der Waals surface area contributed by atoms with Gasteiger partial charge in [-0.1, -0.05) is 11.6 Å². The molecule has 0 aliphatic heterocycles. The van der Waals surface area contributed by atoms with Crippen molar-refractivity contribution in [3.05, 3.63) is 32.4 Å². The molecule has 0 radical (unpaired) electrons. The van der Waals surface area contributed by atoms with Gasteiger partial charge in [0.25, 0.3) is 0 Å². The molecule has 1 nitrogen and oxygen atoms in total. The maximum absolute atomic E-state index is 5.77. The third-order valence-electron chi connectivity index (χ3n) is 1.16. The zero-order chi connectivity index (χ0) is 7.56. The third kappa shape index (κ3) is 3.60. The van der Waals surface area contributed by atoms with Crippen molar-refractivity contribution in [2.45, 2.75) is 6.54 Å². The Morgan fingerprint density at radius 3 is 2.45 bits per heavy atom. The summed E-state index contributed by atoms with van der Waals surface area (Å²) in [6.45, 7) is 0.552. The van der Waals surface area contributed by atoms with Crippen LogP contribution in [-0.4, -0.2) is 0 Å². The summed E-state index contributed by atoms with van der Waals surface area (Å²) in [5.74, 6) is 0. The molecule has 1 aromatic rings. The minimum atomic E-state index is 0. The van der Waals surface area contributed by atoms with Gasteiger partial charge in [-0.05, 0) is 46.4 Å². The summed E-state index contributed by atoms with van der Waals surface area (Å²) in [6, 6.07) is 5.80. The quantitative estimate of drug-likeness (QED) is 0.793. The average molecular weight is 304 g/mol. The van der Waals surface area contributed by atoms with Gasteiger partial charge in [0.1, 0.15) is 0 Å². The van der Waals surface area contributed by atoms with E-state index < -0.39 is 0 Å². The lowest BCUT2D eigenvalue weighted by Crippen LogP contribution is -1.95. The minimum absolute atomic E-state index is 0. The van der Waals surface area contributed by atoms with Crippen LogP contribution in [-0.2, 0) is 6.54 Å². The van der Waals surface area contributed by atoms with Gasteiger partial charge in [-0.2, -0.15) is 0 Å². The first kappa shape index (κ1) is 11.5. The van der Waals surface area contributed by atoms with Crippen LogP contribution in [0.5, 0.6) is 0 Å². The maximum atomic E-state index is 5.77. The fourth-order valence-corrected chi connectivity index (χ4v) is 1.91. The van der Waals surface area contributed by atoms with Crippen molar-refractivity contribution in [3.8, 4) is 0 Å². The molecule has 0 atom stereocenters. The number of nitrogens with two attached hydrogens (primary N) is 1. The molecule has 62 valence electrons. The van der Waals surface area contributed by atoms with E-state index in [1.807, 2.05) is 18.2 Å². The van der Waals surface area contributed by atoms with E-state index in [-0.39, 0.29) is 12.4 Å². The molecule has 0 saturated carbocycles. The second-order valence-corrected chi connectivity index (χ2v) is 3.66. The van der Waals surface area contributed by atoms with Crippen molar-refractivity contribution in [1.29, 1.82) is 0 Å².